The van der Waals surface area contributed by atoms with Gasteiger partial charge in [0.2, 0.25) is 17.7 Å². The van der Waals surface area contributed by atoms with Crippen LogP contribution in [-0.2, 0) is 14.4 Å². The Hall–Kier alpha value is -2.31. The monoisotopic (exact) mass is 458 g/mol. The number of halogens is 3. The first kappa shape index (κ1) is 25.9. The van der Waals surface area contributed by atoms with E-state index in [1.807, 2.05) is 19.9 Å². The molecule has 2 fully saturated rings. The lowest BCUT2D eigenvalue weighted by molar-refractivity contribution is -0.148. The summed E-state index contributed by atoms with van der Waals surface area (Å²) in [4.78, 5) is 40.2. The van der Waals surface area contributed by atoms with E-state index in [1.54, 1.807) is 27.7 Å². The van der Waals surface area contributed by atoms with Crippen LogP contribution in [0.25, 0.3) is 0 Å². The van der Waals surface area contributed by atoms with Crippen LogP contribution in [0.4, 0.5) is 13.2 Å². The van der Waals surface area contributed by atoms with Crippen molar-refractivity contribution in [3.05, 3.63) is 0 Å². The number of likely N-dealkylation sites (tertiary alicyclic amines) is 1. The first-order valence-electron chi connectivity index (χ1n) is 10.9. The Morgan fingerprint density at radius 1 is 1.19 bits per heavy atom. The van der Waals surface area contributed by atoms with Crippen LogP contribution in [-0.4, -0.2) is 53.5 Å². The molecule has 2 aliphatic rings. The highest BCUT2D eigenvalue weighted by Crippen LogP contribution is 2.65. The van der Waals surface area contributed by atoms with E-state index >= 15 is 0 Å². The third kappa shape index (κ3) is 5.54. The number of fused-ring (bicyclic) bond motifs is 1. The van der Waals surface area contributed by atoms with Crippen molar-refractivity contribution in [3.8, 4) is 6.07 Å². The number of nitrogens with zero attached hydrogens (tertiary/aromatic N) is 2. The summed E-state index contributed by atoms with van der Waals surface area (Å²) in [6.07, 6.45) is -6.10. The van der Waals surface area contributed by atoms with Crippen LogP contribution in [0.2, 0.25) is 0 Å². The summed E-state index contributed by atoms with van der Waals surface area (Å²) in [6, 6.07) is -0.541. The molecule has 2 rings (SSSR count). The molecule has 7 nitrogen and oxygen atoms in total. The maximum absolute atomic E-state index is 13.5. The smallest absolute Gasteiger partial charge is 0.344 e. The topological polar surface area (TPSA) is 102 Å². The van der Waals surface area contributed by atoms with Crippen LogP contribution < -0.4 is 10.6 Å². The molecular formula is C22H33F3N4O3. The fraction of sp³-hybridized carbons (Fsp3) is 0.818. The van der Waals surface area contributed by atoms with Crippen molar-refractivity contribution in [2.24, 2.45) is 22.7 Å². The highest BCUT2D eigenvalue weighted by Gasteiger charge is 2.69. The van der Waals surface area contributed by atoms with Crippen molar-refractivity contribution >= 4 is 17.7 Å². The zero-order valence-corrected chi connectivity index (χ0v) is 19.5. The highest BCUT2D eigenvalue weighted by atomic mass is 19.4. The molecule has 0 aromatic heterocycles. The lowest BCUT2D eigenvalue weighted by atomic mass is 9.85. The normalized spacial score (nSPS) is 25.9. The molecule has 0 bridgehead atoms. The minimum atomic E-state index is -4.47. The molecule has 1 saturated heterocycles. The number of carbonyl (C=O) groups excluding carboxylic acids is 3. The maximum Gasteiger partial charge on any atom is 0.389 e. The molecule has 5 atom stereocenters. The number of hydrogen-bond acceptors (Lipinski definition) is 4. The zero-order valence-electron chi connectivity index (χ0n) is 19.5. The number of piperidine rings is 1. The van der Waals surface area contributed by atoms with E-state index in [0.717, 1.165) is 0 Å². The Balaban J connectivity index is 2.23. The van der Waals surface area contributed by atoms with Crippen LogP contribution in [0.3, 0.4) is 0 Å². The van der Waals surface area contributed by atoms with E-state index in [0.29, 0.717) is 13.0 Å². The maximum atomic E-state index is 13.5. The molecule has 0 aromatic rings. The van der Waals surface area contributed by atoms with E-state index in [4.69, 9.17) is 0 Å². The first-order chi connectivity index (χ1) is 14.5. The Kier molecular flexibility index (Phi) is 7.22. The second-order valence-corrected chi connectivity index (χ2v) is 10.5. The lowest BCUT2D eigenvalue weighted by Gasteiger charge is -2.37. The number of hydrogen-bond donors (Lipinski definition) is 2. The van der Waals surface area contributed by atoms with Gasteiger partial charge in [0.25, 0.3) is 0 Å². The van der Waals surface area contributed by atoms with Gasteiger partial charge in [-0.05, 0) is 29.1 Å². The van der Waals surface area contributed by atoms with Crippen LogP contribution in [0.5, 0.6) is 0 Å². The van der Waals surface area contributed by atoms with Crippen molar-refractivity contribution in [2.45, 2.75) is 85.1 Å². The standard InChI is InChI=1S/C22H33F3N4O3/c1-7-12(10-26)27-18(31)16-15-13(21(15,5)6)11-29(16)19(32)17(20(2,3)4)28-14(30)8-9-22(23,24)25/h12-13,15-17H,7-9,11H2,1-6H3,(H,27,31)(H,28,30)/t12-,13-,15-,16-,17+/m0/s1. The largest absolute Gasteiger partial charge is 0.389 e. The van der Waals surface area contributed by atoms with E-state index in [9.17, 15) is 32.8 Å². The Labute approximate surface area is 187 Å². The van der Waals surface area contributed by atoms with E-state index in [-0.39, 0.29) is 17.3 Å². The predicted octanol–water partition coefficient (Wildman–Crippen LogP) is 2.76. The van der Waals surface area contributed by atoms with Crippen molar-refractivity contribution in [1.29, 1.82) is 5.26 Å². The molecule has 0 radical (unpaired) electrons. The van der Waals surface area contributed by atoms with Crippen LogP contribution >= 0.6 is 0 Å². The molecule has 2 N–H and O–H groups in total. The fourth-order valence-electron chi connectivity index (χ4n) is 4.60. The molecule has 0 spiro atoms. The number of alkyl halides is 3. The van der Waals surface area contributed by atoms with E-state index in [1.165, 1.54) is 4.90 Å². The summed E-state index contributed by atoms with van der Waals surface area (Å²) >= 11 is 0. The van der Waals surface area contributed by atoms with Crippen molar-refractivity contribution in [2.75, 3.05) is 6.54 Å². The van der Waals surface area contributed by atoms with E-state index < -0.39 is 60.3 Å². The second kappa shape index (κ2) is 8.91. The first-order valence-corrected chi connectivity index (χ1v) is 10.9. The minimum Gasteiger partial charge on any atom is -0.344 e. The number of nitriles is 1. The highest BCUT2D eigenvalue weighted by molar-refractivity contribution is 5.94. The molecule has 3 amide bonds. The van der Waals surface area contributed by atoms with Crippen LogP contribution in [0, 0.1) is 34.0 Å². The molecule has 0 unspecified atom stereocenters. The fourth-order valence-corrected chi connectivity index (χ4v) is 4.60. The SMILES string of the molecule is CC[C@@H](C#N)NC(=O)[C@@H]1[C@@H]2[C@H](CN1C(=O)[C@@H](NC(=O)CCC(F)(F)F)C(C)(C)C)C2(C)C. The summed E-state index contributed by atoms with van der Waals surface area (Å²) in [5, 5.41) is 14.4. The number of carbonyl (C=O) groups is 3. The Morgan fingerprint density at radius 2 is 1.78 bits per heavy atom. The quantitative estimate of drug-likeness (QED) is 0.612. The number of rotatable bonds is 7. The zero-order chi connectivity index (χ0) is 24.6. The average Bonchev–Trinajstić information content (AvgIpc) is 3.02. The number of nitrogens with one attached hydrogen (secondary N) is 2. The molecule has 0 aromatic carbocycles. The minimum absolute atomic E-state index is 0.0794. The summed E-state index contributed by atoms with van der Waals surface area (Å²) in [6.45, 7) is 11.2. The van der Waals surface area contributed by atoms with Crippen LogP contribution in [0.15, 0.2) is 0 Å². The van der Waals surface area contributed by atoms with Crippen LogP contribution in [0.1, 0.15) is 60.8 Å². The molecule has 1 heterocycles. The Bertz CT molecular complexity index is 798. The van der Waals surface area contributed by atoms with Gasteiger partial charge >= 0.3 is 6.18 Å². The van der Waals surface area contributed by atoms with Gasteiger partial charge in [-0.3, -0.25) is 14.4 Å². The molecular weight excluding hydrogens is 425 g/mol. The summed E-state index contributed by atoms with van der Waals surface area (Å²) < 4.78 is 37.5. The summed E-state index contributed by atoms with van der Waals surface area (Å²) in [5.74, 6) is -1.75. The number of amides is 3. The van der Waals surface area contributed by atoms with Gasteiger partial charge in [0.05, 0.1) is 12.5 Å². The Morgan fingerprint density at radius 3 is 2.25 bits per heavy atom. The van der Waals surface area contributed by atoms with Gasteiger partial charge in [-0.15, -0.1) is 0 Å². The van der Waals surface area contributed by atoms with Gasteiger partial charge in [0.1, 0.15) is 18.1 Å². The van der Waals surface area contributed by atoms with Crippen molar-refractivity contribution in [3.63, 3.8) is 0 Å². The van der Waals surface area contributed by atoms with Gasteiger partial charge in [0, 0.05) is 13.0 Å². The molecule has 1 aliphatic heterocycles. The second-order valence-electron chi connectivity index (χ2n) is 10.5. The summed E-state index contributed by atoms with van der Waals surface area (Å²) in [7, 11) is 0. The molecule has 32 heavy (non-hydrogen) atoms. The van der Waals surface area contributed by atoms with Gasteiger partial charge in [-0.2, -0.15) is 18.4 Å². The third-order valence-electron chi connectivity index (χ3n) is 6.69. The third-order valence-corrected chi connectivity index (χ3v) is 6.69. The molecule has 1 aliphatic carbocycles. The molecule has 180 valence electrons. The predicted molar refractivity (Wildman–Crippen MR) is 111 cm³/mol. The molecule has 10 heteroatoms. The van der Waals surface area contributed by atoms with Crippen molar-refractivity contribution < 1.29 is 27.6 Å². The van der Waals surface area contributed by atoms with Gasteiger partial charge in [-0.25, -0.2) is 0 Å². The summed E-state index contributed by atoms with van der Waals surface area (Å²) in [5.41, 5.74) is -0.923. The van der Waals surface area contributed by atoms with Crippen molar-refractivity contribution in [1.82, 2.24) is 15.5 Å². The van der Waals surface area contributed by atoms with Gasteiger partial charge in [-0.1, -0.05) is 41.5 Å². The van der Waals surface area contributed by atoms with Gasteiger partial charge in [0.15, 0.2) is 0 Å². The average molecular weight is 459 g/mol. The lowest BCUT2D eigenvalue weighted by Crippen LogP contribution is -2.59. The molecule has 1 saturated carbocycles. The van der Waals surface area contributed by atoms with Gasteiger partial charge < -0.3 is 15.5 Å². The van der Waals surface area contributed by atoms with E-state index in [2.05, 4.69) is 10.6 Å².